The molecule has 0 aromatic heterocycles. The lowest BCUT2D eigenvalue weighted by Crippen LogP contribution is -2.33. The molecule has 0 bridgehead atoms. The van der Waals surface area contributed by atoms with Crippen LogP contribution in [0.2, 0.25) is 0 Å². The van der Waals surface area contributed by atoms with Gasteiger partial charge in [0.15, 0.2) is 0 Å². The molecule has 1 aromatic rings. The fourth-order valence-corrected chi connectivity index (χ4v) is 1.95. The number of hydrogen-bond acceptors (Lipinski definition) is 2. The lowest BCUT2D eigenvalue weighted by atomic mass is 10.2. The second kappa shape index (κ2) is 5.24. The summed E-state index contributed by atoms with van der Waals surface area (Å²) in [7, 11) is 0. The lowest BCUT2D eigenvalue weighted by Gasteiger charge is -2.11. The van der Waals surface area contributed by atoms with E-state index < -0.39 is 0 Å². The van der Waals surface area contributed by atoms with E-state index in [1.807, 2.05) is 12.1 Å². The molecule has 15 heavy (non-hydrogen) atoms. The van der Waals surface area contributed by atoms with E-state index in [2.05, 4.69) is 10.6 Å². The van der Waals surface area contributed by atoms with Gasteiger partial charge in [-0.25, -0.2) is 4.39 Å². The highest BCUT2D eigenvalue weighted by Crippen LogP contribution is 2.07. The first kappa shape index (κ1) is 10.6. The smallest absolute Gasteiger partial charge is 0.127 e. The zero-order chi connectivity index (χ0) is 10.5. The van der Waals surface area contributed by atoms with Crippen LogP contribution in [0.4, 0.5) is 4.39 Å². The second-order valence-electron chi connectivity index (χ2n) is 4.02. The van der Waals surface area contributed by atoms with Crippen LogP contribution < -0.4 is 10.6 Å². The highest BCUT2D eigenvalue weighted by atomic mass is 19.1. The summed E-state index contributed by atoms with van der Waals surface area (Å²) in [6.45, 7) is 2.66. The highest BCUT2D eigenvalue weighted by molar-refractivity contribution is 5.16. The van der Waals surface area contributed by atoms with E-state index in [9.17, 15) is 4.39 Å². The lowest BCUT2D eigenvalue weighted by molar-refractivity contribution is 0.524. The fourth-order valence-electron chi connectivity index (χ4n) is 1.95. The van der Waals surface area contributed by atoms with Crippen LogP contribution in [0.1, 0.15) is 18.4 Å². The molecular weight excluding hydrogens is 191 g/mol. The summed E-state index contributed by atoms with van der Waals surface area (Å²) in [6.07, 6.45) is 2.48. The minimum atomic E-state index is -0.121. The maximum atomic E-state index is 13.2. The Labute approximate surface area is 89.9 Å². The molecular formula is C12H17FN2. The van der Waals surface area contributed by atoms with E-state index in [0.29, 0.717) is 12.6 Å². The van der Waals surface area contributed by atoms with Crippen molar-refractivity contribution in [3.05, 3.63) is 35.6 Å². The molecule has 1 aromatic carbocycles. The number of halogens is 1. The zero-order valence-corrected chi connectivity index (χ0v) is 8.80. The van der Waals surface area contributed by atoms with Crippen molar-refractivity contribution in [3.8, 4) is 0 Å². The van der Waals surface area contributed by atoms with Gasteiger partial charge in [-0.3, -0.25) is 0 Å². The molecule has 2 N–H and O–H groups in total. The number of nitrogens with one attached hydrogen (secondary N) is 2. The first-order valence-electron chi connectivity index (χ1n) is 5.54. The Bertz CT molecular complexity index is 308. The van der Waals surface area contributed by atoms with Gasteiger partial charge in [0.1, 0.15) is 5.82 Å². The van der Waals surface area contributed by atoms with Crippen LogP contribution in [0.3, 0.4) is 0 Å². The summed E-state index contributed by atoms with van der Waals surface area (Å²) in [6, 6.07) is 7.48. The van der Waals surface area contributed by atoms with E-state index in [1.54, 1.807) is 6.07 Å². The Morgan fingerprint density at radius 3 is 3.00 bits per heavy atom. The molecule has 2 nitrogen and oxygen atoms in total. The highest BCUT2D eigenvalue weighted by Gasteiger charge is 2.12. The molecule has 1 heterocycles. The van der Waals surface area contributed by atoms with Crippen LogP contribution in [0.15, 0.2) is 24.3 Å². The average molecular weight is 208 g/mol. The monoisotopic (exact) mass is 208 g/mol. The third kappa shape index (κ3) is 3.01. The van der Waals surface area contributed by atoms with Gasteiger partial charge < -0.3 is 10.6 Å². The summed E-state index contributed by atoms with van der Waals surface area (Å²) >= 11 is 0. The summed E-state index contributed by atoms with van der Waals surface area (Å²) in [5.74, 6) is -0.121. The van der Waals surface area contributed by atoms with Crippen molar-refractivity contribution in [2.75, 3.05) is 13.1 Å². The first-order chi connectivity index (χ1) is 7.36. The normalized spacial score (nSPS) is 20.7. The van der Waals surface area contributed by atoms with E-state index in [4.69, 9.17) is 0 Å². The molecule has 0 unspecified atom stereocenters. The van der Waals surface area contributed by atoms with Crippen molar-refractivity contribution in [3.63, 3.8) is 0 Å². The van der Waals surface area contributed by atoms with E-state index in [1.165, 1.54) is 18.9 Å². The van der Waals surface area contributed by atoms with Gasteiger partial charge in [0.2, 0.25) is 0 Å². The van der Waals surface area contributed by atoms with Crippen LogP contribution in [0.25, 0.3) is 0 Å². The van der Waals surface area contributed by atoms with Crippen LogP contribution in [0.5, 0.6) is 0 Å². The number of rotatable bonds is 4. The molecule has 1 aliphatic rings. The van der Waals surface area contributed by atoms with Gasteiger partial charge in [-0.2, -0.15) is 0 Å². The molecule has 0 radical (unpaired) electrons. The zero-order valence-electron chi connectivity index (χ0n) is 8.80. The largest absolute Gasteiger partial charge is 0.313 e. The molecule has 2 rings (SSSR count). The fraction of sp³-hybridized carbons (Fsp3) is 0.500. The Kier molecular flexibility index (Phi) is 3.69. The molecule has 0 amide bonds. The van der Waals surface area contributed by atoms with Crippen molar-refractivity contribution >= 4 is 0 Å². The summed E-state index contributed by atoms with van der Waals surface area (Å²) < 4.78 is 13.2. The molecule has 3 heteroatoms. The van der Waals surface area contributed by atoms with Crippen LogP contribution in [0, 0.1) is 5.82 Å². The Balaban J connectivity index is 1.75. The molecule has 82 valence electrons. The van der Waals surface area contributed by atoms with Crippen LogP contribution >= 0.6 is 0 Å². The second-order valence-corrected chi connectivity index (χ2v) is 4.02. The van der Waals surface area contributed by atoms with Gasteiger partial charge in [-0.05, 0) is 25.5 Å². The molecule has 1 saturated heterocycles. The quantitative estimate of drug-likeness (QED) is 0.786. The topological polar surface area (TPSA) is 24.1 Å². The molecule has 1 atom stereocenters. The first-order valence-corrected chi connectivity index (χ1v) is 5.54. The van der Waals surface area contributed by atoms with Crippen LogP contribution in [-0.4, -0.2) is 19.1 Å². The Morgan fingerprint density at radius 1 is 1.40 bits per heavy atom. The van der Waals surface area contributed by atoms with E-state index in [-0.39, 0.29) is 5.82 Å². The van der Waals surface area contributed by atoms with Gasteiger partial charge >= 0.3 is 0 Å². The van der Waals surface area contributed by atoms with Crippen molar-refractivity contribution in [1.82, 2.24) is 10.6 Å². The molecule has 1 fully saturated rings. The van der Waals surface area contributed by atoms with Crippen LogP contribution in [-0.2, 0) is 6.54 Å². The minimum absolute atomic E-state index is 0.121. The summed E-state index contributed by atoms with van der Waals surface area (Å²) in [4.78, 5) is 0. The van der Waals surface area contributed by atoms with Crippen molar-refractivity contribution in [2.45, 2.75) is 25.4 Å². The standard InChI is InChI=1S/C12H17FN2/c13-12-6-2-1-4-10(12)8-14-9-11-5-3-7-15-11/h1-2,4,6,11,14-15H,3,5,7-9H2/t11-/m0/s1. The molecule has 0 saturated carbocycles. The SMILES string of the molecule is Fc1ccccc1CNC[C@@H]1CCCN1. The van der Waals surface area contributed by atoms with Crippen molar-refractivity contribution < 1.29 is 4.39 Å². The van der Waals surface area contributed by atoms with E-state index in [0.717, 1.165) is 18.7 Å². The Hall–Kier alpha value is -0.930. The van der Waals surface area contributed by atoms with Gasteiger partial charge in [0, 0.05) is 24.7 Å². The number of hydrogen-bond donors (Lipinski definition) is 2. The summed E-state index contributed by atoms with van der Waals surface area (Å²) in [5.41, 5.74) is 0.746. The summed E-state index contributed by atoms with van der Waals surface area (Å²) in [5, 5.41) is 6.68. The number of benzene rings is 1. The minimum Gasteiger partial charge on any atom is -0.313 e. The third-order valence-electron chi connectivity index (χ3n) is 2.83. The molecule has 0 aliphatic carbocycles. The molecule has 1 aliphatic heterocycles. The Morgan fingerprint density at radius 2 is 2.27 bits per heavy atom. The van der Waals surface area contributed by atoms with Gasteiger partial charge in [0.25, 0.3) is 0 Å². The predicted molar refractivity (Wildman–Crippen MR) is 59.1 cm³/mol. The third-order valence-corrected chi connectivity index (χ3v) is 2.83. The van der Waals surface area contributed by atoms with Gasteiger partial charge in [-0.15, -0.1) is 0 Å². The van der Waals surface area contributed by atoms with Gasteiger partial charge in [-0.1, -0.05) is 18.2 Å². The predicted octanol–water partition coefficient (Wildman–Crippen LogP) is 1.67. The molecule has 0 spiro atoms. The average Bonchev–Trinajstić information content (AvgIpc) is 2.74. The van der Waals surface area contributed by atoms with Crippen molar-refractivity contribution in [1.29, 1.82) is 0 Å². The van der Waals surface area contributed by atoms with Gasteiger partial charge in [0.05, 0.1) is 0 Å². The maximum Gasteiger partial charge on any atom is 0.127 e. The van der Waals surface area contributed by atoms with Crippen molar-refractivity contribution in [2.24, 2.45) is 0 Å². The van der Waals surface area contributed by atoms with E-state index >= 15 is 0 Å². The maximum absolute atomic E-state index is 13.2.